The Bertz CT molecular complexity index is 878. The second-order valence-electron chi connectivity index (χ2n) is 6.96. The van der Waals surface area contributed by atoms with E-state index in [0.717, 1.165) is 49.7 Å². The van der Waals surface area contributed by atoms with E-state index in [1.807, 2.05) is 58.9 Å². The smallest absolute Gasteiger partial charge is 0.260 e. The van der Waals surface area contributed by atoms with Crippen molar-refractivity contribution < 1.29 is 9.53 Å². The number of amides is 1. The predicted molar refractivity (Wildman–Crippen MR) is 104 cm³/mol. The van der Waals surface area contributed by atoms with Gasteiger partial charge >= 0.3 is 0 Å². The Kier molecular flexibility index (Phi) is 5.07. The van der Waals surface area contributed by atoms with Gasteiger partial charge in [0.1, 0.15) is 5.75 Å². The number of ether oxygens (including phenoxy) is 1. The molecule has 0 spiro atoms. The number of benzene rings is 1. The van der Waals surface area contributed by atoms with Gasteiger partial charge < -0.3 is 9.64 Å². The number of hydrogen-bond acceptors (Lipinski definition) is 4. The summed E-state index contributed by atoms with van der Waals surface area (Å²) in [5.74, 6) is 0.780. The first kappa shape index (κ1) is 17.5. The summed E-state index contributed by atoms with van der Waals surface area (Å²) in [6.45, 7) is 6.08. The van der Waals surface area contributed by atoms with Gasteiger partial charge in [-0.15, -0.1) is 0 Å². The van der Waals surface area contributed by atoms with Crippen LogP contribution < -0.4 is 4.74 Å². The van der Waals surface area contributed by atoms with Gasteiger partial charge in [0.2, 0.25) is 0 Å². The van der Waals surface area contributed by atoms with Gasteiger partial charge in [0.05, 0.1) is 11.2 Å². The zero-order valence-electron chi connectivity index (χ0n) is 15.5. The van der Waals surface area contributed by atoms with Crippen LogP contribution >= 0.6 is 0 Å². The summed E-state index contributed by atoms with van der Waals surface area (Å²) in [5.41, 5.74) is 3.34. The van der Waals surface area contributed by atoms with Crippen molar-refractivity contribution >= 4 is 11.4 Å². The van der Waals surface area contributed by atoms with E-state index in [4.69, 9.17) is 4.74 Å². The first-order chi connectivity index (χ1) is 13.2. The molecule has 1 aromatic carbocycles. The molecule has 1 aliphatic rings. The number of fused-ring (bicyclic) bond motifs is 1. The Morgan fingerprint density at radius 3 is 2.59 bits per heavy atom. The number of aryl methyl sites for hydroxylation is 1. The van der Waals surface area contributed by atoms with E-state index in [9.17, 15) is 4.79 Å². The second kappa shape index (κ2) is 7.80. The zero-order valence-corrected chi connectivity index (χ0v) is 15.5. The van der Waals surface area contributed by atoms with Crippen molar-refractivity contribution in [1.29, 1.82) is 0 Å². The standard InChI is InChI=1S/C21H24N4O2/c1-17-5-7-20(8-6-17)27-16-21(26)24-12-10-23(11-13-24)15-18-14-19-4-2-3-9-25(19)22-18/h2-9,14H,10-13,15-16H2,1H3. The number of rotatable bonds is 5. The lowest BCUT2D eigenvalue weighted by molar-refractivity contribution is -0.135. The molecule has 6 heteroatoms. The van der Waals surface area contributed by atoms with Crippen molar-refractivity contribution in [2.75, 3.05) is 32.8 Å². The van der Waals surface area contributed by atoms with Crippen molar-refractivity contribution in [3.63, 3.8) is 0 Å². The molecule has 0 aliphatic carbocycles. The number of nitrogens with zero attached hydrogens (tertiary/aromatic N) is 4. The molecule has 0 atom stereocenters. The quantitative estimate of drug-likeness (QED) is 0.697. The summed E-state index contributed by atoms with van der Waals surface area (Å²) in [7, 11) is 0. The Balaban J connectivity index is 1.25. The lowest BCUT2D eigenvalue weighted by atomic mass is 10.2. The van der Waals surface area contributed by atoms with Crippen LogP contribution in [0.4, 0.5) is 0 Å². The molecule has 27 heavy (non-hydrogen) atoms. The fourth-order valence-electron chi connectivity index (χ4n) is 3.32. The third kappa shape index (κ3) is 4.28. The van der Waals surface area contributed by atoms with E-state index in [0.29, 0.717) is 0 Å². The minimum Gasteiger partial charge on any atom is -0.484 e. The summed E-state index contributed by atoms with van der Waals surface area (Å²) < 4.78 is 7.51. The number of pyridine rings is 1. The zero-order chi connectivity index (χ0) is 18.6. The molecule has 6 nitrogen and oxygen atoms in total. The molecular formula is C21H24N4O2. The van der Waals surface area contributed by atoms with Crippen LogP contribution in [0, 0.1) is 6.92 Å². The highest BCUT2D eigenvalue weighted by molar-refractivity contribution is 5.77. The van der Waals surface area contributed by atoms with Crippen molar-refractivity contribution in [3.05, 3.63) is 66.0 Å². The Hall–Kier alpha value is -2.86. The van der Waals surface area contributed by atoms with Gasteiger partial charge in [0, 0.05) is 38.9 Å². The fourth-order valence-corrected chi connectivity index (χ4v) is 3.32. The fraction of sp³-hybridized carbons (Fsp3) is 0.333. The number of hydrogen-bond donors (Lipinski definition) is 0. The first-order valence-corrected chi connectivity index (χ1v) is 9.30. The number of carbonyl (C=O) groups is 1. The van der Waals surface area contributed by atoms with Crippen LogP contribution in [-0.4, -0.2) is 58.1 Å². The summed E-state index contributed by atoms with van der Waals surface area (Å²) >= 11 is 0. The normalized spacial score (nSPS) is 15.2. The molecule has 1 saturated heterocycles. The molecule has 0 bridgehead atoms. The monoisotopic (exact) mass is 364 g/mol. The number of carbonyl (C=O) groups excluding carboxylic acids is 1. The van der Waals surface area contributed by atoms with Crippen molar-refractivity contribution in [1.82, 2.24) is 19.4 Å². The molecule has 3 aromatic rings. The van der Waals surface area contributed by atoms with E-state index < -0.39 is 0 Å². The third-order valence-electron chi connectivity index (χ3n) is 4.91. The largest absolute Gasteiger partial charge is 0.484 e. The summed E-state index contributed by atoms with van der Waals surface area (Å²) in [6, 6.07) is 15.9. The van der Waals surface area contributed by atoms with Gasteiger partial charge in [0.25, 0.3) is 5.91 Å². The van der Waals surface area contributed by atoms with Gasteiger partial charge in [0.15, 0.2) is 6.61 Å². The molecule has 4 rings (SSSR count). The molecule has 3 heterocycles. The summed E-state index contributed by atoms with van der Waals surface area (Å²) in [5, 5.41) is 4.60. The van der Waals surface area contributed by atoms with E-state index >= 15 is 0 Å². The Morgan fingerprint density at radius 1 is 1.07 bits per heavy atom. The lowest BCUT2D eigenvalue weighted by Crippen LogP contribution is -2.49. The van der Waals surface area contributed by atoms with E-state index in [2.05, 4.69) is 22.1 Å². The topological polar surface area (TPSA) is 50.1 Å². The van der Waals surface area contributed by atoms with Crippen molar-refractivity contribution in [2.45, 2.75) is 13.5 Å². The Morgan fingerprint density at radius 2 is 1.85 bits per heavy atom. The molecule has 2 aromatic heterocycles. The minimum absolute atomic E-state index is 0.0444. The highest BCUT2D eigenvalue weighted by Crippen LogP contribution is 2.13. The van der Waals surface area contributed by atoms with Crippen LogP contribution in [0.25, 0.3) is 5.52 Å². The van der Waals surface area contributed by atoms with Gasteiger partial charge in [-0.25, -0.2) is 4.52 Å². The van der Waals surface area contributed by atoms with E-state index in [-0.39, 0.29) is 12.5 Å². The Labute approximate surface area is 159 Å². The average molecular weight is 364 g/mol. The molecule has 0 saturated carbocycles. The molecule has 140 valence electrons. The van der Waals surface area contributed by atoms with E-state index in [1.54, 1.807) is 0 Å². The molecule has 1 aliphatic heterocycles. The maximum atomic E-state index is 12.4. The minimum atomic E-state index is 0.0444. The molecule has 1 amide bonds. The van der Waals surface area contributed by atoms with Crippen LogP contribution in [0.3, 0.4) is 0 Å². The third-order valence-corrected chi connectivity index (χ3v) is 4.91. The van der Waals surface area contributed by atoms with Gasteiger partial charge in [-0.3, -0.25) is 9.69 Å². The van der Waals surface area contributed by atoms with Crippen LogP contribution in [-0.2, 0) is 11.3 Å². The van der Waals surface area contributed by atoms with Crippen molar-refractivity contribution in [3.8, 4) is 5.75 Å². The first-order valence-electron chi connectivity index (χ1n) is 9.30. The highest BCUT2D eigenvalue weighted by atomic mass is 16.5. The SMILES string of the molecule is Cc1ccc(OCC(=O)N2CCN(Cc3cc4ccccn4n3)CC2)cc1. The van der Waals surface area contributed by atoms with Gasteiger partial charge in [-0.2, -0.15) is 5.10 Å². The second-order valence-corrected chi connectivity index (χ2v) is 6.96. The van der Waals surface area contributed by atoms with Crippen LogP contribution in [0.1, 0.15) is 11.3 Å². The van der Waals surface area contributed by atoms with Crippen LogP contribution in [0.5, 0.6) is 5.75 Å². The number of aromatic nitrogens is 2. The van der Waals surface area contributed by atoms with Crippen LogP contribution in [0.15, 0.2) is 54.7 Å². The van der Waals surface area contributed by atoms with Gasteiger partial charge in [-0.1, -0.05) is 23.8 Å². The molecule has 0 radical (unpaired) electrons. The van der Waals surface area contributed by atoms with Crippen molar-refractivity contribution in [2.24, 2.45) is 0 Å². The summed E-state index contributed by atoms with van der Waals surface area (Å²) in [4.78, 5) is 16.6. The van der Waals surface area contributed by atoms with Crippen LogP contribution in [0.2, 0.25) is 0 Å². The molecular weight excluding hydrogens is 340 g/mol. The highest BCUT2D eigenvalue weighted by Gasteiger charge is 2.22. The van der Waals surface area contributed by atoms with E-state index in [1.165, 1.54) is 5.56 Å². The lowest BCUT2D eigenvalue weighted by Gasteiger charge is -2.34. The maximum Gasteiger partial charge on any atom is 0.260 e. The predicted octanol–water partition coefficient (Wildman–Crippen LogP) is 2.37. The van der Waals surface area contributed by atoms with Gasteiger partial charge in [-0.05, 0) is 37.3 Å². The average Bonchev–Trinajstić information content (AvgIpc) is 3.10. The molecule has 0 unspecified atom stereocenters. The molecule has 0 N–H and O–H groups in total. The number of piperazine rings is 1. The summed E-state index contributed by atoms with van der Waals surface area (Å²) in [6.07, 6.45) is 1.96. The molecule has 1 fully saturated rings. The maximum absolute atomic E-state index is 12.4.